The number of pyridine rings is 1. The fourth-order valence-corrected chi connectivity index (χ4v) is 2.54. The lowest BCUT2D eigenvalue weighted by Gasteiger charge is -2.11. The predicted molar refractivity (Wildman–Crippen MR) is 70.2 cm³/mol. The van der Waals surface area contributed by atoms with Crippen molar-refractivity contribution in [2.24, 2.45) is 0 Å². The number of aromatic nitrogens is 1. The molecule has 88 valence electrons. The second-order valence-corrected chi connectivity index (χ2v) is 4.99. The van der Waals surface area contributed by atoms with Crippen molar-refractivity contribution in [2.45, 2.75) is 12.5 Å². The van der Waals surface area contributed by atoms with E-state index in [2.05, 4.69) is 27.0 Å². The van der Waals surface area contributed by atoms with Crippen LogP contribution >= 0.6 is 15.9 Å². The zero-order valence-electron chi connectivity index (χ0n) is 9.43. The van der Waals surface area contributed by atoms with E-state index in [4.69, 9.17) is 4.74 Å². The van der Waals surface area contributed by atoms with E-state index in [1.165, 1.54) is 0 Å². The molecule has 1 aliphatic rings. The number of halogens is 1. The van der Waals surface area contributed by atoms with Crippen molar-refractivity contribution in [2.75, 3.05) is 0 Å². The van der Waals surface area contributed by atoms with Gasteiger partial charge in [-0.1, -0.05) is 22.0 Å². The van der Waals surface area contributed by atoms with Gasteiger partial charge in [0.05, 0.1) is 11.8 Å². The summed E-state index contributed by atoms with van der Waals surface area (Å²) in [6.45, 7) is 0.406. The lowest BCUT2D eigenvalue weighted by atomic mass is 9.92. The summed E-state index contributed by atoms with van der Waals surface area (Å²) in [7, 11) is 0. The van der Waals surface area contributed by atoms with Gasteiger partial charge in [0.2, 0.25) is 0 Å². The van der Waals surface area contributed by atoms with E-state index in [1.807, 2.05) is 30.3 Å². The van der Waals surface area contributed by atoms with Crippen LogP contribution in [0.15, 0.2) is 41.0 Å². The average molecular weight is 301 g/mol. The quantitative estimate of drug-likeness (QED) is 0.749. The van der Waals surface area contributed by atoms with Gasteiger partial charge in [0.15, 0.2) is 0 Å². The monoisotopic (exact) mass is 300 g/mol. The molecule has 0 spiro atoms. The SMILES string of the molecule is N#C[C@@H]1c2cc(Br)ccc2OCc2ncccc21. The van der Waals surface area contributed by atoms with Crippen molar-refractivity contribution in [3.05, 3.63) is 57.8 Å². The summed E-state index contributed by atoms with van der Waals surface area (Å²) in [5.41, 5.74) is 2.65. The first-order chi connectivity index (χ1) is 8.79. The van der Waals surface area contributed by atoms with E-state index in [-0.39, 0.29) is 5.92 Å². The van der Waals surface area contributed by atoms with Crippen molar-refractivity contribution in [3.8, 4) is 11.8 Å². The molecule has 4 heteroatoms. The van der Waals surface area contributed by atoms with Crippen LogP contribution < -0.4 is 4.74 Å². The highest BCUT2D eigenvalue weighted by molar-refractivity contribution is 9.10. The van der Waals surface area contributed by atoms with Crippen molar-refractivity contribution in [1.82, 2.24) is 4.98 Å². The molecule has 1 atom stereocenters. The highest BCUT2D eigenvalue weighted by Crippen LogP contribution is 2.37. The minimum absolute atomic E-state index is 0.330. The number of rotatable bonds is 0. The van der Waals surface area contributed by atoms with E-state index < -0.39 is 0 Å². The van der Waals surface area contributed by atoms with Gasteiger partial charge < -0.3 is 4.74 Å². The smallest absolute Gasteiger partial charge is 0.131 e. The highest BCUT2D eigenvalue weighted by atomic mass is 79.9. The van der Waals surface area contributed by atoms with Crippen LogP contribution in [-0.2, 0) is 6.61 Å². The van der Waals surface area contributed by atoms with E-state index >= 15 is 0 Å². The second-order valence-electron chi connectivity index (χ2n) is 4.07. The maximum atomic E-state index is 9.45. The van der Waals surface area contributed by atoms with Gasteiger partial charge in [-0.3, -0.25) is 4.98 Å². The minimum atomic E-state index is -0.330. The van der Waals surface area contributed by atoms with E-state index in [0.29, 0.717) is 6.61 Å². The van der Waals surface area contributed by atoms with Crippen LogP contribution in [0.4, 0.5) is 0 Å². The van der Waals surface area contributed by atoms with Gasteiger partial charge >= 0.3 is 0 Å². The van der Waals surface area contributed by atoms with E-state index in [1.54, 1.807) is 6.20 Å². The third kappa shape index (κ3) is 1.77. The Morgan fingerprint density at radius 2 is 2.22 bits per heavy atom. The predicted octanol–water partition coefficient (Wildman–Crippen LogP) is 3.39. The Morgan fingerprint density at radius 3 is 3.06 bits per heavy atom. The standard InChI is InChI=1S/C14H9BrN2O/c15-9-3-4-14-11(6-9)12(7-16)10-2-1-5-17-13(10)8-18-14/h1-6,12H,8H2/t12-/m0/s1. The van der Waals surface area contributed by atoms with Crippen molar-refractivity contribution in [1.29, 1.82) is 5.26 Å². The molecule has 0 unspecified atom stereocenters. The van der Waals surface area contributed by atoms with Crippen molar-refractivity contribution < 1.29 is 4.74 Å². The Morgan fingerprint density at radius 1 is 1.33 bits per heavy atom. The average Bonchev–Trinajstić information content (AvgIpc) is 2.54. The number of hydrogen-bond acceptors (Lipinski definition) is 3. The Bertz CT molecular complexity index is 648. The third-order valence-electron chi connectivity index (χ3n) is 3.01. The molecule has 0 bridgehead atoms. The molecule has 0 N–H and O–H groups in total. The number of nitrogens with zero attached hydrogens (tertiary/aromatic N) is 2. The minimum Gasteiger partial charge on any atom is -0.487 e. The van der Waals surface area contributed by atoms with Gasteiger partial charge in [-0.05, 0) is 29.8 Å². The molecule has 2 heterocycles. The zero-order chi connectivity index (χ0) is 12.5. The molecule has 0 saturated carbocycles. The summed E-state index contributed by atoms with van der Waals surface area (Å²) in [4.78, 5) is 4.30. The lowest BCUT2D eigenvalue weighted by molar-refractivity contribution is 0.302. The number of nitriles is 1. The van der Waals surface area contributed by atoms with Crippen LogP contribution in [-0.4, -0.2) is 4.98 Å². The molecule has 3 rings (SSSR count). The number of hydrogen-bond donors (Lipinski definition) is 0. The van der Waals surface area contributed by atoms with Gasteiger partial charge in [0.25, 0.3) is 0 Å². The summed E-state index contributed by atoms with van der Waals surface area (Å²) in [6.07, 6.45) is 1.72. The molecule has 1 aliphatic heterocycles. The molecular weight excluding hydrogens is 292 g/mol. The van der Waals surface area contributed by atoms with Crippen LogP contribution in [0, 0.1) is 11.3 Å². The number of benzene rings is 1. The fourth-order valence-electron chi connectivity index (χ4n) is 2.16. The summed E-state index contributed by atoms with van der Waals surface area (Å²) in [5.74, 6) is 0.423. The Balaban J connectivity index is 2.24. The Kier molecular flexibility index (Phi) is 2.77. The van der Waals surface area contributed by atoms with E-state index in [0.717, 1.165) is 27.0 Å². The van der Waals surface area contributed by atoms with Crippen molar-refractivity contribution in [3.63, 3.8) is 0 Å². The molecule has 0 fully saturated rings. The topological polar surface area (TPSA) is 45.9 Å². The Labute approximate surface area is 113 Å². The molecule has 0 radical (unpaired) electrons. The Hall–Kier alpha value is -1.86. The van der Waals surface area contributed by atoms with Crippen LogP contribution in [0.1, 0.15) is 22.7 Å². The van der Waals surface area contributed by atoms with Gasteiger partial charge in [-0.15, -0.1) is 0 Å². The molecular formula is C14H9BrN2O. The zero-order valence-corrected chi connectivity index (χ0v) is 11.0. The maximum Gasteiger partial charge on any atom is 0.131 e. The largest absolute Gasteiger partial charge is 0.487 e. The van der Waals surface area contributed by atoms with Crippen LogP contribution in [0.25, 0.3) is 0 Å². The fraction of sp³-hybridized carbons (Fsp3) is 0.143. The molecule has 1 aromatic heterocycles. The first-order valence-corrected chi connectivity index (χ1v) is 6.34. The van der Waals surface area contributed by atoms with Gasteiger partial charge in [0, 0.05) is 16.2 Å². The normalized spacial score (nSPS) is 16.8. The first kappa shape index (κ1) is 11.2. The first-order valence-electron chi connectivity index (χ1n) is 5.55. The maximum absolute atomic E-state index is 9.45. The number of fused-ring (bicyclic) bond motifs is 2. The van der Waals surface area contributed by atoms with Crippen LogP contribution in [0.3, 0.4) is 0 Å². The summed E-state index contributed by atoms with van der Waals surface area (Å²) in [6, 6.07) is 11.9. The summed E-state index contributed by atoms with van der Waals surface area (Å²) < 4.78 is 6.67. The molecule has 18 heavy (non-hydrogen) atoms. The van der Waals surface area contributed by atoms with Crippen LogP contribution in [0.2, 0.25) is 0 Å². The summed E-state index contributed by atoms with van der Waals surface area (Å²) in [5, 5.41) is 9.45. The van der Waals surface area contributed by atoms with Gasteiger partial charge in [-0.2, -0.15) is 5.26 Å². The van der Waals surface area contributed by atoms with Gasteiger partial charge in [-0.25, -0.2) is 0 Å². The number of ether oxygens (including phenoxy) is 1. The second kappa shape index (κ2) is 4.43. The molecule has 0 amide bonds. The third-order valence-corrected chi connectivity index (χ3v) is 3.51. The van der Waals surface area contributed by atoms with Crippen molar-refractivity contribution >= 4 is 15.9 Å². The lowest BCUT2D eigenvalue weighted by Crippen LogP contribution is -2.01. The molecule has 3 nitrogen and oxygen atoms in total. The summed E-state index contributed by atoms with van der Waals surface area (Å²) >= 11 is 3.43. The highest BCUT2D eigenvalue weighted by Gasteiger charge is 2.25. The van der Waals surface area contributed by atoms with E-state index in [9.17, 15) is 5.26 Å². The molecule has 0 aliphatic carbocycles. The molecule has 0 saturated heterocycles. The molecule has 2 aromatic rings. The van der Waals surface area contributed by atoms with Gasteiger partial charge in [0.1, 0.15) is 18.3 Å². The van der Waals surface area contributed by atoms with Crippen LogP contribution in [0.5, 0.6) is 5.75 Å². The molecule has 1 aromatic carbocycles.